The number of aliphatic hydroxyl groups excluding tert-OH is 1. The predicted octanol–water partition coefficient (Wildman–Crippen LogP) is 4.93. The second-order valence-corrected chi connectivity index (χ2v) is 7.34. The van der Waals surface area contributed by atoms with Gasteiger partial charge in [0.25, 0.3) is 0 Å². The van der Waals surface area contributed by atoms with E-state index in [-0.39, 0.29) is 6.61 Å². The quantitative estimate of drug-likeness (QED) is 0.337. The Morgan fingerprint density at radius 2 is 1.71 bits per heavy atom. The molecule has 0 unspecified atom stereocenters. The molecule has 6 heteroatoms. The monoisotopic (exact) mass is 414 g/mol. The second kappa shape index (κ2) is 10.0. The highest BCUT2D eigenvalue weighted by Gasteiger charge is 2.14. The van der Waals surface area contributed by atoms with E-state index < -0.39 is 0 Å². The zero-order valence-electron chi connectivity index (χ0n) is 17.5. The van der Waals surface area contributed by atoms with E-state index in [1.54, 1.807) is 0 Å². The lowest BCUT2D eigenvalue weighted by Gasteiger charge is -2.09. The normalized spacial score (nSPS) is 10.9. The zero-order chi connectivity index (χ0) is 21.5. The molecular weight excluding hydrogens is 388 g/mol. The molecule has 3 aromatic carbocycles. The summed E-state index contributed by atoms with van der Waals surface area (Å²) in [6, 6.07) is 24.8. The Morgan fingerprint density at radius 1 is 0.903 bits per heavy atom. The van der Waals surface area contributed by atoms with Gasteiger partial charge in [0.2, 0.25) is 5.89 Å². The van der Waals surface area contributed by atoms with Gasteiger partial charge in [-0.25, -0.2) is 0 Å². The molecule has 0 radical (unpaired) electrons. The first-order valence-electron chi connectivity index (χ1n) is 10.4. The third-order valence-electron chi connectivity index (χ3n) is 5.09. The zero-order valence-corrected chi connectivity index (χ0v) is 17.5. The van der Waals surface area contributed by atoms with Crippen molar-refractivity contribution in [3.8, 4) is 22.6 Å². The Labute approximate surface area is 182 Å². The average Bonchev–Trinajstić information content (AvgIpc) is 3.26. The number of nitrogens with one attached hydrogen (secondary N) is 2. The number of hydrogen-bond donors (Lipinski definition) is 3. The minimum atomic E-state index is 0.196. The van der Waals surface area contributed by atoms with Crippen molar-refractivity contribution in [1.82, 2.24) is 15.5 Å². The number of hydrogen-bond acceptors (Lipinski definition) is 6. The first-order valence-corrected chi connectivity index (χ1v) is 10.4. The maximum absolute atomic E-state index is 8.87. The van der Waals surface area contributed by atoms with Crippen molar-refractivity contribution in [3.05, 3.63) is 83.9 Å². The van der Waals surface area contributed by atoms with Crippen LogP contribution in [0.25, 0.3) is 22.6 Å². The van der Waals surface area contributed by atoms with Crippen molar-refractivity contribution in [1.29, 1.82) is 0 Å². The van der Waals surface area contributed by atoms with Gasteiger partial charge in [0, 0.05) is 24.4 Å². The van der Waals surface area contributed by atoms with Crippen LogP contribution in [0.3, 0.4) is 0 Å². The molecule has 0 atom stereocenters. The first-order chi connectivity index (χ1) is 15.2. The van der Waals surface area contributed by atoms with Gasteiger partial charge in [0.05, 0.1) is 0 Å². The molecule has 0 saturated heterocycles. The van der Waals surface area contributed by atoms with Crippen LogP contribution < -0.4 is 10.6 Å². The van der Waals surface area contributed by atoms with E-state index in [1.807, 2.05) is 48.5 Å². The molecule has 0 aliphatic rings. The topological polar surface area (TPSA) is 83.2 Å². The van der Waals surface area contributed by atoms with Crippen molar-refractivity contribution in [2.75, 3.05) is 18.5 Å². The molecule has 1 aromatic heterocycles. The first kappa shape index (κ1) is 20.8. The van der Waals surface area contributed by atoms with Crippen LogP contribution in [0, 0.1) is 6.92 Å². The molecule has 4 rings (SSSR count). The molecule has 0 aliphatic heterocycles. The molecule has 3 N–H and O–H groups in total. The Bertz CT molecular complexity index is 1130. The van der Waals surface area contributed by atoms with E-state index >= 15 is 0 Å². The lowest BCUT2D eigenvalue weighted by molar-refractivity contribution is 0.286. The smallest absolute Gasteiger partial charge is 0.320 e. The summed E-state index contributed by atoms with van der Waals surface area (Å²) in [6.45, 7) is 3.78. The van der Waals surface area contributed by atoms with Crippen LogP contribution in [0.4, 0.5) is 11.7 Å². The van der Waals surface area contributed by atoms with E-state index in [9.17, 15) is 0 Å². The molecule has 4 aromatic rings. The molecule has 0 saturated carbocycles. The van der Waals surface area contributed by atoms with Gasteiger partial charge < -0.3 is 20.2 Å². The number of anilines is 2. The third-order valence-corrected chi connectivity index (χ3v) is 5.09. The van der Waals surface area contributed by atoms with Crippen LogP contribution in [0.2, 0.25) is 0 Å². The Kier molecular flexibility index (Phi) is 6.72. The number of benzene rings is 3. The number of aromatic nitrogens is 2. The van der Waals surface area contributed by atoms with Crippen LogP contribution in [0.5, 0.6) is 0 Å². The fourth-order valence-electron chi connectivity index (χ4n) is 3.50. The molecule has 0 amide bonds. The highest BCUT2D eigenvalue weighted by Crippen LogP contribution is 2.32. The van der Waals surface area contributed by atoms with E-state index in [1.165, 1.54) is 0 Å². The molecule has 0 bridgehead atoms. The second-order valence-electron chi connectivity index (χ2n) is 7.34. The molecule has 0 fully saturated rings. The van der Waals surface area contributed by atoms with E-state index in [2.05, 4.69) is 52.0 Å². The van der Waals surface area contributed by atoms with E-state index in [0.717, 1.165) is 53.0 Å². The molecule has 0 aliphatic carbocycles. The maximum Gasteiger partial charge on any atom is 0.320 e. The molecule has 6 nitrogen and oxygen atoms in total. The van der Waals surface area contributed by atoms with Gasteiger partial charge in [-0.1, -0.05) is 59.7 Å². The number of rotatable bonds is 9. The van der Waals surface area contributed by atoms with E-state index in [4.69, 9.17) is 9.52 Å². The van der Waals surface area contributed by atoms with Gasteiger partial charge in [-0.15, -0.1) is 5.10 Å². The summed E-state index contributed by atoms with van der Waals surface area (Å²) in [5.74, 6) is 0.486. The number of nitrogens with zero attached hydrogens (tertiary/aromatic N) is 2. The van der Waals surface area contributed by atoms with Gasteiger partial charge in [-0.05, 0) is 60.3 Å². The molecule has 1 heterocycles. The summed E-state index contributed by atoms with van der Waals surface area (Å²) in [4.78, 5) is 0. The van der Waals surface area contributed by atoms with Crippen LogP contribution in [0.1, 0.15) is 17.5 Å². The lowest BCUT2D eigenvalue weighted by atomic mass is 9.96. The highest BCUT2D eigenvalue weighted by atomic mass is 16.4. The van der Waals surface area contributed by atoms with Crippen molar-refractivity contribution >= 4 is 11.7 Å². The molecule has 158 valence electrons. The Hall–Kier alpha value is -3.48. The Morgan fingerprint density at radius 3 is 2.55 bits per heavy atom. The highest BCUT2D eigenvalue weighted by molar-refractivity contribution is 5.75. The standard InChI is InChI=1S/C25H26N4O2/c1-18-22(20-9-3-2-4-10-20)12-6-13-23(18)24-28-29-25(31-24)27-21-11-5-8-19(16-21)17-26-14-7-15-30/h2-6,8-13,16,26,30H,7,14-15,17H2,1H3,(H,27,29). The summed E-state index contributed by atoms with van der Waals surface area (Å²) in [5, 5.41) is 23.8. The predicted molar refractivity (Wildman–Crippen MR) is 123 cm³/mol. The fourth-order valence-corrected chi connectivity index (χ4v) is 3.50. The summed E-state index contributed by atoms with van der Waals surface area (Å²) in [5.41, 5.74) is 6.33. The van der Waals surface area contributed by atoms with Gasteiger partial charge in [0.15, 0.2) is 0 Å². The minimum Gasteiger partial charge on any atom is -0.403 e. The summed E-state index contributed by atoms with van der Waals surface area (Å²) in [7, 11) is 0. The largest absolute Gasteiger partial charge is 0.403 e. The lowest BCUT2D eigenvalue weighted by Crippen LogP contribution is -2.15. The van der Waals surface area contributed by atoms with Crippen LogP contribution in [-0.4, -0.2) is 28.5 Å². The Balaban J connectivity index is 1.50. The van der Waals surface area contributed by atoms with Gasteiger partial charge >= 0.3 is 6.01 Å². The van der Waals surface area contributed by atoms with Crippen LogP contribution >= 0.6 is 0 Å². The van der Waals surface area contributed by atoms with Crippen LogP contribution in [-0.2, 0) is 6.54 Å². The summed E-state index contributed by atoms with van der Waals surface area (Å²) in [6.07, 6.45) is 0.744. The van der Waals surface area contributed by atoms with Crippen molar-refractivity contribution < 1.29 is 9.52 Å². The third kappa shape index (κ3) is 5.17. The SMILES string of the molecule is Cc1c(-c2ccccc2)cccc1-c1nnc(Nc2cccc(CNCCCO)c2)o1. The van der Waals surface area contributed by atoms with E-state index in [0.29, 0.717) is 11.9 Å². The summed E-state index contributed by atoms with van der Waals surface area (Å²) >= 11 is 0. The molecular formula is C25H26N4O2. The molecule has 0 spiro atoms. The van der Waals surface area contributed by atoms with Crippen molar-refractivity contribution in [2.24, 2.45) is 0 Å². The van der Waals surface area contributed by atoms with Crippen molar-refractivity contribution in [3.63, 3.8) is 0 Å². The number of aliphatic hydroxyl groups is 1. The van der Waals surface area contributed by atoms with Crippen LogP contribution in [0.15, 0.2) is 77.2 Å². The fraction of sp³-hybridized carbons (Fsp3) is 0.200. The summed E-state index contributed by atoms with van der Waals surface area (Å²) < 4.78 is 5.92. The molecule has 31 heavy (non-hydrogen) atoms. The van der Waals surface area contributed by atoms with Gasteiger partial charge in [-0.3, -0.25) is 0 Å². The van der Waals surface area contributed by atoms with Crippen molar-refractivity contribution in [2.45, 2.75) is 19.9 Å². The average molecular weight is 415 g/mol. The van der Waals surface area contributed by atoms with Gasteiger partial charge in [-0.2, -0.15) is 0 Å². The maximum atomic E-state index is 8.87. The minimum absolute atomic E-state index is 0.196. The van der Waals surface area contributed by atoms with Gasteiger partial charge in [0.1, 0.15) is 0 Å².